The van der Waals surface area contributed by atoms with Crippen LogP contribution < -0.4 is 0 Å². The van der Waals surface area contributed by atoms with E-state index in [1.165, 1.54) is 19.2 Å². The van der Waals surface area contributed by atoms with Gasteiger partial charge in [-0.3, -0.25) is 10.1 Å². The highest BCUT2D eigenvalue weighted by atomic mass is 35.5. The van der Waals surface area contributed by atoms with Gasteiger partial charge in [0.15, 0.2) is 0 Å². The fourth-order valence-electron chi connectivity index (χ4n) is 3.35. The molecule has 2 aromatic rings. The maximum atomic E-state index is 12.3. The standard InChI is InChI=1S/C20H18ClNO4/c1-12-18(14-5-7-15(21)8-6-14)19(12)17(20(23)26-2)11-13-3-9-16(10-4-13)22(24)25/h3-10,12,18H,11H2,1-2H3/b19-17+/t12-,18+/m0/s1. The van der Waals surface area contributed by atoms with Crippen LogP contribution in [0.5, 0.6) is 0 Å². The van der Waals surface area contributed by atoms with E-state index >= 15 is 0 Å². The van der Waals surface area contributed by atoms with E-state index in [0.717, 1.165) is 16.7 Å². The normalized spacial score (nSPS) is 20.4. The molecule has 0 N–H and O–H groups in total. The highest BCUT2D eigenvalue weighted by molar-refractivity contribution is 6.30. The van der Waals surface area contributed by atoms with Gasteiger partial charge in [-0.25, -0.2) is 4.79 Å². The quantitative estimate of drug-likeness (QED) is 0.331. The first-order valence-electron chi connectivity index (χ1n) is 8.22. The van der Waals surface area contributed by atoms with Gasteiger partial charge in [-0.2, -0.15) is 0 Å². The number of ether oxygens (including phenoxy) is 1. The molecule has 3 rings (SSSR count). The summed E-state index contributed by atoms with van der Waals surface area (Å²) in [4.78, 5) is 22.7. The summed E-state index contributed by atoms with van der Waals surface area (Å²) in [7, 11) is 1.36. The molecule has 0 heterocycles. The SMILES string of the molecule is COC(=O)/C(Cc1ccc([N+](=O)[O-])cc1)=C1\[C@@H](C)[C@@H]1c1ccc(Cl)cc1. The number of esters is 1. The molecule has 1 aliphatic rings. The van der Waals surface area contributed by atoms with E-state index in [9.17, 15) is 14.9 Å². The maximum absolute atomic E-state index is 12.3. The van der Waals surface area contributed by atoms with Crippen molar-refractivity contribution in [2.75, 3.05) is 7.11 Å². The third-order valence-electron chi connectivity index (χ3n) is 4.75. The summed E-state index contributed by atoms with van der Waals surface area (Å²) < 4.78 is 4.97. The van der Waals surface area contributed by atoms with Gasteiger partial charge in [-0.1, -0.05) is 42.8 Å². The second-order valence-corrected chi connectivity index (χ2v) is 6.78. The molecule has 2 atom stereocenters. The van der Waals surface area contributed by atoms with Gasteiger partial charge >= 0.3 is 5.97 Å². The van der Waals surface area contributed by atoms with Crippen molar-refractivity contribution in [1.82, 2.24) is 0 Å². The van der Waals surface area contributed by atoms with Crippen LogP contribution in [0.25, 0.3) is 0 Å². The summed E-state index contributed by atoms with van der Waals surface area (Å²) in [5.41, 5.74) is 3.64. The smallest absolute Gasteiger partial charge is 0.334 e. The number of nitro benzene ring substituents is 1. The lowest BCUT2D eigenvalue weighted by molar-refractivity contribution is -0.384. The number of methoxy groups -OCH3 is 1. The van der Waals surface area contributed by atoms with Crippen LogP contribution >= 0.6 is 11.6 Å². The number of carbonyl (C=O) groups is 1. The number of allylic oxidation sites excluding steroid dienone is 1. The minimum absolute atomic E-state index is 0.0276. The molecule has 5 nitrogen and oxygen atoms in total. The van der Waals surface area contributed by atoms with E-state index in [1.807, 2.05) is 24.3 Å². The minimum Gasteiger partial charge on any atom is -0.466 e. The van der Waals surface area contributed by atoms with Crippen LogP contribution in [0.2, 0.25) is 5.02 Å². The Morgan fingerprint density at radius 1 is 1.15 bits per heavy atom. The lowest BCUT2D eigenvalue weighted by Crippen LogP contribution is -2.08. The number of nitro groups is 1. The highest BCUT2D eigenvalue weighted by Crippen LogP contribution is 2.55. The van der Waals surface area contributed by atoms with Crippen molar-refractivity contribution in [3.05, 3.63) is 85.9 Å². The summed E-state index contributed by atoms with van der Waals surface area (Å²) in [6, 6.07) is 13.9. The molecule has 1 aliphatic carbocycles. The average molecular weight is 372 g/mol. The molecule has 0 saturated heterocycles. The molecule has 2 aromatic carbocycles. The number of hydrogen-bond donors (Lipinski definition) is 0. The lowest BCUT2D eigenvalue weighted by Gasteiger charge is -2.06. The molecule has 0 unspecified atom stereocenters. The topological polar surface area (TPSA) is 69.4 Å². The summed E-state index contributed by atoms with van der Waals surface area (Å²) in [6.07, 6.45) is 0.383. The Morgan fingerprint density at radius 2 is 1.77 bits per heavy atom. The molecule has 26 heavy (non-hydrogen) atoms. The predicted octanol–water partition coefficient (Wildman–Crippen LogP) is 4.69. The molecule has 0 radical (unpaired) electrons. The van der Waals surface area contributed by atoms with Crippen molar-refractivity contribution in [2.45, 2.75) is 19.3 Å². The van der Waals surface area contributed by atoms with Gasteiger partial charge in [0.1, 0.15) is 0 Å². The zero-order valence-corrected chi connectivity index (χ0v) is 15.2. The Bertz CT molecular complexity index is 872. The van der Waals surface area contributed by atoms with E-state index < -0.39 is 4.92 Å². The Kier molecular flexibility index (Phi) is 5.09. The first kappa shape index (κ1) is 18.1. The molecule has 1 fully saturated rings. The molecular weight excluding hydrogens is 354 g/mol. The van der Waals surface area contributed by atoms with Crippen LogP contribution in [0, 0.1) is 16.0 Å². The van der Waals surface area contributed by atoms with Gasteiger partial charge < -0.3 is 4.74 Å². The number of rotatable bonds is 5. The van der Waals surface area contributed by atoms with Crippen molar-refractivity contribution >= 4 is 23.3 Å². The van der Waals surface area contributed by atoms with Gasteiger partial charge in [0.2, 0.25) is 0 Å². The second-order valence-electron chi connectivity index (χ2n) is 6.34. The van der Waals surface area contributed by atoms with Gasteiger partial charge in [-0.05, 0) is 34.8 Å². The molecule has 0 bridgehead atoms. The minimum atomic E-state index is -0.441. The zero-order valence-electron chi connectivity index (χ0n) is 14.4. The first-order chi connectivity index (χ1) is 12.4. The van der Waals surface area contributed by atoms with Crippen molar-refractivity contribution in [3.8, 4) is 0 Å². The van der Waals surface area contributed by atoms with Crippen molar-refractivity contribution in [1.29, 1.82) is 0 Å². The third-order valence-corrected chi connectivity index (χ3v) is 5.01. The monoisotopic (exact) mass is 371 g/mol. The highest BCUT2D eigenvalue weighted by Gasteiger charge is 2.45. The predicted molar refractivity (Wildman–Crippen MR) is 99.2 cm³/mol. The van der Waals surface area contributed by atoms with Crippen LogP contribution in [0.1, 0.15) is 24.0 Å². The molecule has 0 spiro atoms. The molecule has 0 aromatic heterocycles. The van der Waals surface area contributed by atoms with Crippen LogP contribution in [0.15, 0.2) is 59.7 Å². The Labute approximate surface area is 156 Å². The summed E-state index contributed by atoms with van der Waals surface area (Å²) in [6.45, 7) is 2.08. The van der Waals surface area contributed by atoms with Crippen LogP contribution in [-0.4, -0.2) is 18.0 Å². The molecule has 1 saturated carbocycles. The van der Waals surface area contributed by atoms with Crippen molar-refractivity contribution < 1.29 is 14.5 Å². The molecule has 6 heteroatoms. The first-order valence-corrected chi connectivity index (χ1v) is 8.60. The van der Waals surface area contributed by atoms with Gasteiger partial charge in [0.25, 0.3) is 5.69 Å². The molecule has 134 valence electrons. The Balaban J connectivity index is 1.91. The molecule has 0 amide bonds. The van der Waals surface area contributed by atoms with Crippen molar-refractivity contribution in [2.24, 2.45) is 5.92 Å². The van der Waals surface area contributed by atoms with Crippen LogP contribution in [0.3, 0.4) is 0 Å². The number of hydrogen-bond acceptors (Lipinski definition) is 4. The summed E-state index contributed by atoms with van der Waals surface area (Å²) in [5, 5.41) is 11.5. The third kappa shape index (κ3) is 3.63. The number of nitrogens with zero attached hydrogens (tertiary/aromatic N) is 1. The number of carbonyl (C=O) groups excluding carboxylic acids is 1. The second kappa shape index (κ2) is 7.30. The fraction of sp³-hybridized carbons (Fsp3) is 0.250. The average Bonchev–Trinajstić information content (AvgIpc) is 3.30. The van der Waals surface area contributed by atoms with E-state index in [-0.39, 0.29) is 23.5 Å². The summed E-state index contributed by atoms with van der Waals surface area (Å²) >= 11 is 5.95. The number of non-ortho nitro benzene ring substituents is 1. The van der Waals surface area contributed by atoms with Crippen LogP contribution in [0.4, 0.5) is 5.69 Å². The zero-order chi connectivity index (χ0) is 18.8. The van der Waals surface area contributed by atoms with E-state index in [4.69, 9.17) is 16.3 Å². The number of halogens is 1. The van der Waals surface area contributed by atoms with Gasteiger partial charge in [-0.15, -0.1) is 0 Å². The lowest BCUT2D eigenvalue weighted by atomic mass is 10.0. The largest absolute Gasteiger partial charge is 0.466 e. The van der Waals surface area contributed by atoms with E-state index in [0.29, 0.717) is 17.0 Å². The maximum Gasteiger partial charge on any atom is 0.334 e. The van der Waals surface area contributed by atoms with Gasteiger partial charge in [0.05, 0.1) is 12.0 Å². The fourth-order valence-corrected chi connectivity index (χ4v) is 3.48. The van der Waals surface area contributed by atoms with Crippen LogP contribution in [-0.2, 0) is 16.0 Å². The number of benzene rings is 2. The molecule has 0 aliphatic heterocycles. The summed E-state index contributed by atoms with van der Waals surface area (Å²) in [5.74, 6) is 0.0457. The Hall–Kier alpha value is -2.66. The Morgan fingerprint density at radius 3 is 2.31 bits per heavy atom. The van der Waals surface area contributed by atoms with Crippen molar-refractivity contribution in [3.63, 3.8) is 0 Å². The van der Waals surface area contributed by atoms with E-state index in [1.54, 1.807) is 12.1 Å². The van der Waals surface area contributed by atoms with Gasteiger partial charge in [0, 0.05) is 35.1 Å². The van der Waals surface area contributed by atoms with E-state index in [2.05, 4.69) is 6.92 Å². The molecular formula is C20H18ClNO4.